The van der Waals surface area contributed by atoms with Crippen LogP contribution in [0.15, 0.2) is 34.1 Å². The lowest BCUT2D eigenvalue weighted by molar-refractivity contribution is -0.128. The van der Waals surface area contributed by atoms with Crippen molar-refractivity contribution in [1.29, 1.82) is 0 Å². The molecule has 1 heterocycles. The van der Waals surface area contributed by atoms with Gasteiger partial charge in [0.2, 0.25) is 0 Å². The van der Waals surface area contributed by atoms with Crippen LogP contribution in [0.25, 0.3) is 0 Å². The number of carbonyl (C=O) groups excluding carboxylic acids is 2. The Hall–Kier alpha value is -1.28. The van der Waals surface area contributed by atoms with Crippen LogP contribution in [0.2, 0.25) is 10.0 Å². The van der Waals surface area contributed by atoms with Crippen molar-refractivity contribution in [2.24, 2.45) is 0 Å². The van der Waals surface area contributed by atoms with Crippen molar-refractivity contribution in [3.63, 3.8) is 0 Å². The summed E-state index contributed by atoms with van der Waals surface area (Å²) in [7, 11) is 0. The van der Waals surface area contributed by atoms with Gasteiger partial charge in [0, 0.05) is 6.07 Å². The van der Waals surface area contributed by atoms with Crippen molar-refractivity contribution >= 4 is 62.3 Å². The molecule has 0 spiro atoms. The molecule has 5 nitrogen and oxygen atoms in total. The highest BCUT2D eigenvalue weighted by atomic mass is 79.9. The van der Waals surface area contributed by atoms with Crippen LogP contribution < -0.4 is 15.6 Å². The summed E-state index contributed by atoms with van der Waals surface area (Å²) in [5.41, 5.74) is 4.63. The van der Waals surface area contributed by atoms with Crippen molar-refractivity contribution in [2.75, 3.05) is 0 Å². The number of ether oxygens (including phenoxy) is 1. The molecule has 0 saturated carbocycles. The largest absolute Gasteiger partial charge is 0.481 e. The van der Waals surface area contributed by atoms with Gasteiger partial charge in [-0.2, -0.15) is 0 Å². The van der Waals surface area contributed by atoms with Crippen LogP contribution in [-0.2, 0) is 4.79 Å². The van der Waals surface area contributed by atoms with E-state index < -0.39 is 17.9 Å². The molecule has 0 radical (unpaired) electrons. The molecule has 1 unspecified atom stereocenters. The number of nitrogens with one attached hydrogen (secondary N) is 2. The summed E-state index contributed by atoms with van der Waals surface area (Å²) < 4.78 is 6.27. The van der Waals surface area contributed by atoms with Crippen molar-refractivity contribution in [1.82, 2.24) is 10.9 Å². The number of hydrogen-bond acceptors (Lipinski definition) is 4. The van der Waals surface area contributed by atoms with Gasteiger partial charge in [-0.1, -0.05) is 23.2 Å². The highest BCUT2D eigenvalue weighted by Crippen LogP contribution is 2.26. The summed E-state index contributed by atoms with van der Waals surface area (Å²) >= 11 is 16.2. The Morgan fingerprint density at radius 1 is 1.17 bits per heavy atom. The smallest absolute Gasteiger partial charge is 0.279 e. The van der Waals surface area contributed by atoms with Gasteiger partial charge in [0.1, 0.15) is 5.75 Å². The zero-order valence-corrected chi connectivity index (χ0v) is 15.6. The average molecular weight is 438 g/mol. The second kappa shape index (κ2) is 8.01. The molecular weight excluding hydrogens is 427 g/mol. The lowest BCUT2D eigenvalue weighted by Gasteiger charge is -2.15. The number of hydrogen-bond donors (Lipinski definition) is 2. The molecule has 0 aliphatic carbocycles. The van der Waals surface area contributed by atoms with E-state index in [-0.39, 0.29) is 0 Å². The van der Waals surface area contributed by atoms with E-state index in [1.54, 1.807) is 31.2 Å². The fraction of sp³-hybridized carbons (Fsp3) is 0.143. The fourth-order valence-corrected chi connectivity index (χ4v) is 3.10. The number of thiophene rings is 1. The van der Waals surface area contributed by atoms with Crippen LogP contribution in [0.3, 0.4) is 0 Å². The van der Waals surface area contributed by atoms with Gasteiger partial charge >= 0.3 is 0 Å². The van der Waals surface area contributed by atoms with Crippen LogP contribution in [0.4, 0.5) is 0 Å². The van der Waals surface area contributed by atoms with Crippen molar-refractivity contribution in [3.05, 3.63) is 49.0 Å². The average Bonchev–Trinajstić information content (AvgIpc) is 2.94. The maximum atomic E-state index is 11.9. The van der Waals surface area contributed by atoms with Gasteiger partial charge in [0.25, 0.3) is 11.8 Å². The molecule has 0 fully saturated rings. The molecule has 2 N–H and O–H groups in total. The Kier molecular flexibility index (Phi) is 6.29. The Balaban J connectivity index is 1.87. The van der Waals surface area contributed by atoms with E-state index in [1.165, 1.54) is 17.4 Å². The van der Waals surface area contributed by atoms with Crippen LogP contribution >= 0.6 is 50.5 Å². The number of halogens is 3. The number of hydrazine groups is 1. The first-order valence-electron chi connectivity index (χ1n) is 6.34. The first-order valence-corrected chi connectivity index (χ1v) is 8.70. The molecule has 2 amide bonds. The molecular formula is C14H11BrCl2N2O3S. The van der Waals surface area contributed by atoms with Gasteiger partial charge in [-0.05, 0) is 47.1 Å². The molecule has 1 aromatic heterocycles. The van der Waals surface area contributed by atoms with Gasteiger partial charge in [0.15, 0.2) is 6.10 Å². The quantitative estimate of drug-likeness (QED) is 0.709. The van der Waals surface area contributed by atoms with Crippen molar-refractivity contribution in [3.8, 4) is 5.75 Å². The molecule has 0 saturated heterocycles. The van der Waals surface area contributed by atoms with Gasteiger partial charge in [-0.25, -0.2) is 0 Å². The lowest BCUT2D eigenvalue weighted by atomic mass is 10.3. The predicted molar refractivity (Wildman–Crippen MR) is 94.2 cm³/mol. The Morgan fingerprint density at radius 3 is 2.52 bits per heavy atom. The van der Waals surface area contributed by atoms with Crippen LogP contribution in [0, 0.1) is 0 Å². The minimum atomic E-state index is -0.831. The van der Waals surface area contributed by atoms with Crippen LogP contribution in [0.1, 0.15) is 16.6 Å². The van der Waals surface area contributed by atoms with E-state index in [1.807, 2.05) is 0 Å². The van der Waals surface area contributed by atoms with Crippen molar-refractivity contribution in [2.45, 2.75) is 13.0 Å². The summed E-state index contributed by atoms with van der Waals surface area (Å²) in [4.78, 5) is 24.2. The highest BCUT2D eigenvalue weighted by molar-refractivity contribution is 9.11. The summed E-state index contributed by atoms with van der Waals surface area (Å²) in [6, 6.07) is 8.07. The normalized spacial score (nSPS) is 11.7. The first kappa shape index (κ1) is 18.1. The van der Waals surface area contributed by atoms with Gasteiger partial charge < -0.3 is 4.74 Å². The zero-order valence-electron chi connectivity index (χ0n) is 11.7. The van der Waals surface area contributed by atoms with E-state index >= 15 is 0 Å². The van der Waals surface area contributed by atoms with Crippen molar-refractivity contribution < 1.29 is 14.3 Å². The van der Waals surface area contributed by atoms with E-state index in [9.17, 15) is 9.59 Å². The lowest BCUT2D eigenvalue weighted by Crippen LogP contribution is -2.47. The highest BCUT2D eigenvalue weighted by Gasteiger charge is 2.17. The summed E-state index contributed by atoms with van der Waals surface area (Å²) in [5, 5.41) is 0.721. The first-order chi connectivity index (χ1) is 10.9. The number of amides is 2. The number of carbonyl (C=O) groups is 2. The third-order valence-electron chi connectivity index (χ3n) is 2.67. The van der Waals surface area contributed by atoms with Gasteiger partial charge in [0.05, 0.1) is 18.7 Å². The minimum absolute atomic E-state index is 0.327. The van der Waals surface area contributed by atoms with E-state index in [0.717, 1.165) is 3.79 Å². The van der Waals surface area contributed by atoms with Gasteiger partial charge in [-0.15, -0.1) is 11.3 Å². The topological polar surface area (TPSA) is 67.4 Å². The van der Waals surface area contributed by atoms with E-state index in [2.05, 4.69) is 26.8 Å². The third-order valence-corrected chi connectivity index (χ3v) is 5.03. The zero-order chi connectivity index (χ0) is 17.0. The summed E-state index contributed by atoms with van der Waals surface area (Å²) in [6.07, 6.45) is -0.831. The monoisotopic (exact) mass is 436 g/mol. The molecule has 0 aliphatic rings. The standard InChI is InChI=1S/C14H11BrCl2N2O3S/c1-7(22-8-2-3-9(16)10(17)6-8)13(20)18-19-14(21)11-4-5-12(15)23-11/h2-7H,1H3,(H,18,20)(H,19,21). The molecule has 9 heteroatoms. The second-order valence-electron chi connectivity index (χ2n) is 4.38. The summed E-state index contributed by atoms with van der Waals surface area (Å²) in [6.45, 7) is 1.55. The predicted octanol–water partition coefficient (Wildman–Crippen LogP) is 4.05. The second-order valence-corrected chi connectivity index (χ2v) is 7.66. The van der Waals surface area contributed by atoms with E-state index in [0.29, 0.717) is 20.7 Å². The van der Waals surface area contributed by atoms with E-state index in [4.69, 9.17) is 27.9 Å². The molecule has 1 aromatic carbocycles. The molecule has 1 atom stereocenters. The SMILES string of the molecule is CC(Oc1ccc(Cl)c(Cl)c1)C(=O)NNC(=O)c1ccc(Br)s1. The van der Waals surface area contributed by atoms with Crippen LogP contribution in [0.5, 0.6) is 5.75 Å². The van der Waals surface area contributed by atoms with Gasteiger partial charge in [-0.3, -0.25) is 20.4 Å². The maximum absolute atomic E-state index is 11.9. The molecule has 2 rings (SSSR count). The molecule has 0 aliphatic heterocycles. The maximum Gasteiger partial charge on any atom is 0.279 e. The Bertz CT molecular complexity index is 739. The Labute approximate surface area is 155 Å². The third kappa shape index (κ3) is 5.10. The number of benzene rings is 1. The fourth-order valence-electron chi connectivity index (χ4n) is 1.53. The summed E-state index contributed by atoms with van der Waals surface area (Å²) in [5.74, 6) is -0.508. The molecule has 0 bridgehead atoms. The molecule has 122 valence electrons. The molecule has 23 heavy (non-hydrogen) atoms. The number of rotatable bonds is 4. The minimum Gasteiger partial charge on any atom is -0.481 e. The van der Waals surface area contributed by atoms with Crippen LogP contribution in [-0.4, -0.2) is 17.9 Å². The molecule has 2 aromatic rings. The Morgan fingerprint density at radius 2 is 1.91 bits per heavy atom.